The average Bonchev–Trinajstić information content (AvgIpc) is 2.40. The molecule has 2 rings (SSSR count). The van der Waals surface area contributed by atoms with Crippen LogP contribution in [0.1, 0.15) is 12.0 Å². The first-order chi connectivity index (χ1) is 8.75. The third kappa shape index (κ3) is 3.72. The van der Waals surface area contributed by atoms with Crippen molar-refractivity contribution < 1.29 is 19.4 Å². The highest BCUT2D eigenvalue weighted by Gasteiger charge is 2.25. The Morgan fingerprint density at radius 3 is 2.94 bits per heavy atom. The van der Waals surface area contributed by atoms with Gasteiger partial charge in [-0.05, 0) is 12.0 Å². The lowest BCUT2D eigenvalue weighted by molar-refractivity contribution is -0.0158. The molecule has 1 aromatic rings. The van der Waals surface area contributed by atoms with Crippen LogP contribution in [0.2, 0.25) is 0 Å². The van der Waals surface area contributed by atoms with Gasteiger partial charge in [-0.15, -0.1) is 0 Å². The number of benzene rings is 1. The summed E-state index contributed by atoms with van der Waals surface area (Å²) >= 11 is 0. The van der Waals surface area contributed by atoms with Crippen molar-refractivity contribution >= 4 is 6.09 Å². The Morgan fingerprint density at radius 2 is 2.22 bits per heavy atom. The van der Waals surface area contributed by atoms with Crippen molar-refractivity contribution in [1.82, 2.24) is 5.32 Å². The molecule has 1 heterocycles. The Hall–Kier alpha value is -1.59. The van der Waals surface area contributed by atoms with Gasteiger partial charge in [0.25, 0.3) is 0 Å². The zero-order valence-electron chi connectivity index (χ0n) is 10.0. The summed E-state index contributed by atoms with van der Waals surface area (Å²) in [6, 6.07) is 9.05. The van der Waals surface area contributed by atoms with Gasteiger partial charge in [-0.3, -0.25) is 0 Å². The summed E-state index contributed by atoms with van der Waals surface area (Å²) in [6.45, 7) is 1.07. The second-order valence-corrected chi connectivity index (χ2v) is 4.24. The average molecular weight is 251 g/mol. The lowest BCUT2D eigenvalue weighted by Crippen LogP contribution is -2.49. The Labute approximate surface area is 106 Å². The van der Waals surface area contributed by atoms with Crippen molar-refractivity contribution in [1.29, 1.82) is 0 Å². The Morgan fingerprint density at radius 1 is 1.44 bits per heavy atom. The van der Waals surface area contributed by atoms with Crippen LogP contribution in [0, 0.1) is 0 Å². The van der Waals surface area contributed by atoms with E-state index in [-0.39, 0.29) is 12.6 Å². The van der Waals surface area contributed by atoms with Crippen LogP contribution in [0.4, 0.5) is 4.79 Å². The number of carbonyl (C=O) groups excluding carboxylic acids is 1. The van der Waals surface area contributed by atoms with Crippen molar-refractivity contribution in [3.8, 4) is 0 Å². The van der Waals surface area contributed by atoms with E-state index in [1.54, 1.807) is 0 Å². The molecule has 0 aromatic heterocycles. The van der Waals surface area contributed by atoms with E-state index in [1.165, 1.54) is 0 Å². The predicted molar refractivity (Wildman–Crippen MR) is 65.0 cm³/mol. The molecule has 5 nitrogen and oxygen atoms in total. The largest absolute Gasteiger partial charge is 0.445 e. The molecular formula is C13H17NO4. The van der Waals surface area contributed by atoms with Crippen molar-refractivity contribution in [2.24, 2.45) is 0 Å². The number of aliphatic hydroxyl groups excluding tert-OH is 1. The molecule has 1 aromatic carbocycles. The summed E-state index contributed by atoms with van der Waals surface area (Å²) in [5.41, 5.74) is 0.924. The van der Waals surface area contributed by atoms with E-state index in [2.05, 4.69) is 5.32 Å². The molecule has 2 atom stereocenters. The third-order valence-corrected chi connectivity index (χ3v) is 2.84. The fraction of sp³-hybridized carbons (Fsp3) is 0.462. The van der Waals surface area contributed by atoms with Crippen molar-refractivity contribution in [2.75, 3.05) is 13.2 Å². The van der Waals surface area contributed by atoms with E-state index in [0.29, 0.717) is 19.6 Å². The molecule has 1 amide bonds. The van der Waals surface area contributed by atoms with Gasteiger partial charge in [0.1, 0.15) is 6.61 Å². The van der Waals surface area contributed by atoms with Crippen molar-refractivity contribution in [3.63, 3.8) is 0 Å². The van der Waals surface area contributed by atoms with E-state index in [0.717, 1.165) is 5.56 Å². The summed E-state index contributed by atoms with van der Waals surface area (Å²) in [6.07, 6.45) is -0.569. The van der Waals surface area contributed by atoms with Crippen LogP contribution in [0.3, 0.4) is 0 Å². The first-order valence-electron chi connectivity index (χ1n) is 5.99. The van der Waals surface area contributed by atoms with Gasteiger partial charge in [0.2, 0.25) is 0 Å². The number of carbonyl (C=O) groups is 1. The number of rotatable bonds is 3. The topological polar surface area (TPSA) is 67.8 Å². The monoisotopic (exact) mass is 251 g/mol. The predicted octanol–water partition coefficient (Wildman–Crippen LogP) is 1.06. The molecule has 1 saturated heterocycles. The second-order valence-electron chi connectivity index (χ2n) is 4.24. The standard InChI is InChI=1S/C13H17NO4/c15-12-6-7-17-9-11(12)14-13(16)18-8-10-4-2-1-3-5-10/h1-5,11-12,15H,6-9H2,(H,14,16). The number of nitrogens with one attached hydrogen (secondary N) is 1. The fourth-order valence-electron chi connectivity index (χ4n) is 1.78. The number of alkyl carbamates (subject to hydrolysis) is 1. The molecule has 0 bridgehead atoms. The maximum Gasteiger partial charge on any atom is 0.407 e. The van der Waals surface area contributed by atoms with Gasteiger partial charge in [0, 0.05) is 6.61 Å². The lowest BCUT2D eigenvalue weighted by Gasteiger charge is -2.27. The molecule has 0 saturated carbocycles. The highest BCUT2D eigenvalue weighted by molar-refractivity contribution is 5.67. The normalized spacial score (nSPS) is 23.4. The first kappa shape index (κ1) is 12.9. The number of ether oxygens (including phenoxy) is 2. The van der Waals surface area contributed by atoms with Gasteiger partial charge < -0.3 is 19.9 Å². The number of hydrogen-bond acceptors (Lipinski definition) is 4. The van der Waals surface area contributed by atoms with Crippen LogP contribution in [-0.4, -0.2) is 36.6 Å². The summed E-state index contributed by atoms with van der Waals surface area (Å²) < 4.78 is 10.2. The molecule has 5 heteroatoms. The summed E-state index contributed by atoms with van der Waals surface area (Å²) in [4.78, 5) is 11.5. The van der Waals surface area contributed by atoms with E-state index < -0.39 is 12.2 Å². The maximum absolute atomic E-state index is 11.5. The molecule has 2 unspecified atom stereocenters. The van der Waals surface area contributed by atoms with Crippen LogP contribution in [0.25, 0.3) is 0 Å². The molecule has 0 aliphatic carbocycles. The fourth-order valence-corrected chi connectivity index (χ4v) is 1.78. The number of hydrogen-bond donors (Lipinski definition) is 2. The SMILES string of the molecule is O=C(NC1COCCC1O)OCc1ccccc1. The Balaban J connectivity index is 1.75. The quantitative estimate of drug-likeness (QED) is 0.843. The molecule has 18 heavy (non-hydrogen) atoms. The summed E-state index contributed by atoms with van der Waals surface area (Å²) in [5, 5.41) is 12.3. The van der Waals surface area contributed by atoms with Gasteiger partial charge in [0.15, 0.2) is 0 Å². The van der Waals surface area contributed by atoms with Crippen LogP contribution in [0.15, 0.2) is 30.3 Å². The molecule has 1 aliphatic heterocycles. The van der Waals surface area contributed by atoms with Gasteiger partial charge in [0.05, 0.1) is 18.8 Å². The summed E-state index contributed by atoms with van der Waals surface area (Å²) in [5.74, 6) is 0. The second kappa shape index (κ2) is 6.37. The summed E-state index contributed by atoms with van der Waals surface area (Å²) in [7, 11) is 0. The minimum atomic E-state index is -0.567. The zero-order valence-corrected chi connectivity index (χ0v) is 10.0. The number of aliphatic hydroxyl groups is 1. The molecule has 1 fully saturated rings. The van der Waals surface area contributed by atoms with Gasteiger partial charge in [-0.1, -0.05) is 30.3 Å². The maximum atomic E-state index is 11.5. The zero-order chi connectivity index (χ0) is 12.8. The molecule has 98 valence electrons. The van der Waals surface area contributed by atoms with Crippen LogP contribution < -0.4 is 5.32 Å². The number of amides is 1. The molecule has 2 N–H and O–H groups in total. The van der Waals surface area contributed by atoms with E-state index in [9.17, 15) is 9.90 Å². The highest BCUT2D eigenvalue weighted by atomic mass is 16.5. The van der Waals surface area contributed by atoms with Crippen LogP contribution in [0.5, 0.6) is 0 Å². The smallest absolute Gasteiger partial charge is 0.407 e. The van der Waals surface area contributed by atoms with E-state index in [4.69, 9.17) is 9.47 Å². The van der Waals surface area contributed by atoms with Gasteiger partial charge >= 0.3 is 6.09 Å². The Kier molecular flexibility index (Phi) is 4.55. The van der Waals surface area contributed by atoms with Crippen LogP contribution >= 0.6 is 0 Å². The molecule has 1 aliphatic rings. The Bertz CT molecular complexity index is 382. The van der Waals surface area contributed by atoms with E-state index >= 15 is 0 Å². The van der Waals surface area contributed by atoms with Gasteiger partial charge in [-0.2, -0.15) is 0 Å². The minimum absolute atomic E-state index is 0.219. The van der Waals surface area contributed by atoms with E-state index in [1.807, 2.05) is 30.3 Å². The highest BCUT2D eigenvalue weighted by Crippen LogP contribution is 2.08. The van der Waals surface area contributed by atoms with Crippen LogP contribution in [-0.2, 0) is 16.1 Å². The first-order valence-corrected chi connectivity index (χ1v) is 5.99. The van der Waals surface area contributed by atoms with Crippen molar-refractivity contribution in [2.45, 2.75) is 25.2 Å². The van der Waals surface area contributed by atoms with Gasteiger partial charge in [-0.25, -0.2) is 4.79 Å². The molecule has 0 radical (unpaired) electrons. The van der Waals surface area contributed by atoms with Crippen molar-refractivity contribution in [3.05, 3.63) is 35.9 Å². The third-order valence-electron chi connectivity index (χ3n) is 2.84. The minimum Gasteiger partial charge on any atom is -0.445 e. The molecular weight excluding hydrogens is 234 g/mol. The molecule has 0 spiro atoms. The lowest BCUT2D eigenvalue weighted by atomic mass is 10.1.